The van der Waals surface area contributed by atoms with Crippen LogP contribution < -0.4 is 15.4 Å². The van der Waals surface area contributed by atoms with Crippen LogP contribution in [0.2, 0.25) is 0 Å². The zero-order chi connectivity index (χ0) is 14.6. The fraction of sp³-hybridized carbons (Fsp3) is 0.571. The van der Waals surface area contributed by atoms with Crippen LogP contribution in [0.4, 0.5) is 5.69 Å². The van der Waals surface area contributed by atoms with Crippen molar-refractivity contribution in [2.24, 2.45) is 5.41 Å². The number of hydrogen-bond acceptors (Lipinski definition) is 4. The topological polar surface area (TPSA) is 70.2 Å². The van der Waals surface area contributed by atoms with Crippen LogP contribution >= 0.6 is 0 Å². The van der Waals surface area contributed by atoms with Crippen molar-refractivity contribution < 1.29 is 8.42 Å². The van der Waals surface area contributed by atoms with Crippen molar-refractivity contribution in [1.29, 1.82) is 0 Å². The molecule has 0 amide bonds. The van der Waals surface area contributed by atoms with Crippen LogP contribution in [-0.2, 0) is 10.0 Å². The minimum absolute atomic E-state index is 0.210. The van der Waals surface area contributed by atoms with Gasteiger partial charge in [-0.25, -0.2) is 13.1 Å². The summed E-state index contributed by atoms with van der Waals surface area (Å²) in [7, 11) is -2.00. The molecule has 1 aromatic carbocycles. The van der Waals surface area contributed by atoms with Gasteiger partial charge in [-0.2, -0.15) is 0 Å². The molecule has 1 aliphatic heterocycles. The van der Waals surface area contributed by atoms with Gasteiger partial charge in [0.25, 0.3) is 0 Å². The van der Waals surface area contributed by atoms with Crippen LogP contribution in [0, 0.1) is 5.41 Å². The summed E-state index contributed by atoms with van der Waals surface area (Å²) in [6, 6.07) is 7.02. The molecular formula is C14H23N3O2S. The molecule has 1 aromatic rings. The van der Waals surface area contributed by atoms with E-state index in [4.69, 9.17) is 0 Å². The zero-order valence-corrected chi connectivity index (χ0v) is 12.9. The van der Waals surface area contributed by atoms with E-state index in [0.29, 0.717) is 10.6 Å². The Hall–Kier alpha value is -1.11. The summed E-state index contributed by atoms with van der Waals surface area (Å²) in [6.45, 7) is 5.07. The number of rotatable bonds is 5. The van der Waals surface area contributed by atoms with Crippen molar-refractivity contribution in [2.45, 2.75) is 24.7 Å². The second-order valence-electron chi connectivity index (χ2n) is 5.62. The minimum atomic E-state index is -3.43. The standard InChI is InChI=1S/C14H23N3O2S/c1-14(7-9-16-10-8-14)11-17-12-5-3-4-6-13(12)20(18,19)15-2/h3-6,15-17H,7-11H2,1-2H3. The smallest absolute Gasteiger partial charge is 0.242 e. The molecule has 2 rings (SSSR count). The fourth-order valence-corrected chi connectivity index (χ4v) is 3.38. The van der Waals surface area contributed by atoms with Gasteiger partial charge >= 0.3 is 0 Å². The predicted octanol–water partition coefficient (Wildman–Crippen LogP) is 1.40. The molecule has 0 aromatic heterocycles. The van der Waals surface area contributed by atoms with Gasteiger partial charge in [-0.3, -0.25) is 0 Å². The van der Waals surface area contributed by atoms with Crippen LogP contribution in [0.5, 0.6) is 0 Å². The van der Waals surface area contributed by atoms with Gasteiger partial charge in [0.1, 0.15) is 4.90 Å². The van der Waals surface area contributed by atoms with Crippen LogP contribution in [0.3, 0.4) is 0 Å². The van der Waals surface area contributed by atoms with E-state index < -0.39 is 10.0 Å². The number of anilines is 1. The first-order valence-corrected chi connectivity index (χ1v) is 8.42. The van der Waals surface area contributed by atoms with Gasteiger partial charge in [0.2, 0.25) is 10.0 Å². The van der Waals surface area contributed by atoms with Crippen molar-refractivity contribution in [1.82, 2.24) is 10.0 Å². The van der Waals surface area contributed by atoms with Crippen molar-refractivity contribution in [3.8, 4) is 0 Å². The lowest BCUT2D eigenvalue weighted by Gasteiger charge is -2.34. The zero-order valence-electron chi connectivity index (χ0n) is 12.1. The molecule has 0 spiro atoms. The lowest BCUT2D eigenvalue weighted by Crippen LogP contribution is -2.39. The Morgan fingerprint density at radius 3 is 2.55 bits per heavy atom. The van der Waals surface area contributed by atoms with E-state index in [-0.39, 0.29) is 5.41 Å². The summed E-state index contributed by atoms with van der Waals surface area (Å²) in [4.78, 5) is 0.306. The lowest BCUT2D eigenvalue weighted by atomic mass is 9.81. The highest BCUT2D eigenvalue weighted by Gasteiger charge is 2.27. The van der Waals surface area contributed by atoms with Crippen molar-refractivity contribution in [3.05, 3.63) is 24.3 Å². The molecule has 0 unspecified atom stereocenters. The lowest BCUT2D eigenvalue weighted by molar-refractivity contribution is 0.247. The molecule has 20 heavy (non-hydrogen) atoms. The second kappa shape index (κ2) is 6.11. The summed E-state index contributed by atoms with van der Waals surface area (Å²) in [5.74, 6) is 0. The first kappa shape index (κ1) is 15.3. The molecule has 5 nitrogen and oxygen atoms in total. The van der Waals surface area contributed by atoms with Gasteiger partial charge in [0, 0.05) is 6.54 Å². The summed E-state index contributed by atoms with van der Waals surface area (Å²) in [6.07, 6.45) is 2.20. The fourth-order valence-electron chi connectivity index (χ4n) is 2.47. The van der Waals surface area contributed by atoms with Crippen molar-refractivity contribution >= 4 is 15.7 Å². The largest absolute Gasteiger partial charge is 0.383 e. The highest BCUT2D eigenvalue weighted by atomic mass is 32.2. The van der Waals surface area contributed by atoms with Gasteiger partial charge in [-0.05, 0) is 50.5 Å². The Kier molecular flexibility index (Phi) is 4.67. The van der Waals surface area contributed by atoms with Gasteiger partial charge in [0.05, 0.1) is 5.69 Å². The third-order valence-corrected chi connectivity index (χ3v) is 5.43. The molecule has 1 saturated heterocycles. The van der Waals surface area contributed by atoms with E-state index in [1.54, 1.807) is 12.1 Å². The van der Waals surface area contributed by atoms with Gasteiger partial charge < -0.3 is 10.6 Å². The van der Waals surface area contributed by atoms with Crippen molar-refractivity contribution in [3.63, 3.8) is 0 Å². The second-order valence-corrected chi connectivity index (χ2v) is 7.47. The molecule has 0 aliphatic carbocycles. The Balaban J connectivity index is 2.14. The maximum Gasteiger partial charge on any atom is 0.242 e. The normalized spacial score (nSPS) is 18.7. The van der Waals surface area contributed by atoms with E-state index in [2.05, 4.69) is 22.3 Å². The maximum absolute atomic E-state index is 12.0. The van der Waals surface area contributed by atoms with Crippen LogP contribution in [-0.4, -0.2) is 35.1 Å². The van der Waals surface area contributed by atoms with E-state index in [9.17, 15) is 8.42 Å². The quantitative estimate of drug-likeness (QED) is 0.768. The minimum Gasteiger partial charge on any atom is -0.383 e. The monoisotopic (exact) mass is 297 g/mol. The number of benzene rings is 1. The van der Waals surface area contributed by atoms with Crippen LogP contribution in [0.25, 0.3) is 0 Å². The Morgan fingerprint density at radius 1 is 1.25 bits per heavy atom. The molecule has 0 saturated carbocycles. The van der Waals surface area contributed by atoms with Crippen LogP contribution in [0.15, 0.2) is 29.2 Å². The molecular weight excluding hydrogens is 274 g/mol. The molecule has 3 N–H and O–H groups in total. The summed E-state index contributed by atoms with van der Waals surface area (Å²) >= 11 is 0. The molecule has 1 heterocycles. The van der Waals surface area contributed by atoms with E-state index in [1.165, 1.54) is 7.05 Å². The molecule has 0 bridgehead atoms. The Morgan fingerprint density at radius 2 is 1.90 bits per heavy atom. The average Bonchev–Trinajstić information content (AvgIpc) is 2.46. The maximum atomic E-state index is 12.0. The number of piperidine rings is 1. The highest BCUT2D eigenvalue weighted by molar-refractivity contribution is 7.89. The molecule has 1 aliphatic rings. The Bertz CT molecular complexity index is 551. The number of nitrogens with one attached hydrogen (secondary N) is 3. The van der Waals surface area contributed by atoms with E-state index in [0.717, 1.165) is 32.5 Å². The predicted molar refractivity (Wildman–Crippen MR) is 81.4 cm³/mol. The first-order chi connectivity index (χ1) is 9.47. The first-order valence-electron chi connectivity index (χ1n) is 6.94. The molecule has 1 fully saturated rings. The van der Waals surface area contributed by atoms with Crippen molar-refractivity contribution in [2.75, 3.05) is 32.0 Å². The van der Waals surface area contributed by atoms with E-state index in [1.807, 2.05) is 12.1 Å². The molecule has 0 radical (unpaired) electrons. The van der Waals surface area contributed by atoms with Gasteiger partial charge in [-0.1, -0.05) is 19.1 Å². The summed E-state index contributed by atoms with van der Waals surface area (Å²) in [5, 5.41) is 6.67. The molecule has 6 heteroatoms. The molecule has 0 atom stereocenters. The highest BCUT2D eigenvalue weighted by Crippen LogP contribution is 2.29. The Labute approximate surface area is 121 Å². The van der Waals surface area contributed by atoms with Crippen LogP contribution in [0.1, 0.15) is 19.8 Å². The SMILES string of the molecule is CNS(=O)(=O)c1ccccc1NCC1(C)CCNCC1. The third kappa shape index (κ3) is 3.50. The molecule has 112 valence electrons. The number of sulfonamides is 1. The average molecular weight is 297 g/mol. The van der Waals surface area contributed by atoms with Gasteiger partial charge in [0.15, 0.2) is 0 Å². The van der Waals surface area contributed by atoms with Gasteiger partial charge in [-0.15, -0.1) is 0 Å². The summed E-state index contributed by atoms with van der Waals surface area (Å²) < 4.78 is 26.4. The number of hydrogen-bond donors (Lipinski definition) is 3. The number of para-hydroxylation sites is 1. The van der Waals surface area contributed by atoms with E-state index >= 15 is 0 Å². The summed E-state index contributed by atoms with van der Waals surface area (Å²) in [5.41, 5.74) is 0.878. The third-order valence-electron chi connectivity index (χ3n) is 3.96.